The van der Waals surface area contributed by atoms with Crippen molar-refractivity contribution in [2.24, 2.45) is 5.41 Å². The zero-order valence-corrected chi connectivity index (χ0v) is 25.7. The number of aromatic nitrogens is 3. The smallest absolute Gasteiger partial charge is 0.248 e. The molecule has 230 valence electrons. The fourth-order valence-corrected chi connectivity index (χ4v) is 7.51. The predicted molar refractivity (Wildman–Crippen MR) is 163 cm³/mol. The number of alkyl halides is 3. The number of aliphatic hydroxyl groups excluding tert-OH is 1. The first kappa shape index (κ1) is 30.0. The molecule has 1 aromatic carbocycles. The van der Waals surface area contributed by atoms with Gasteiger partial charge in [0.2, 0.25) is 11.9 Å². The molecule has 2 aliphatic carbocycles. The average Bonchev–Trinajstić information content (AvgIpc) is 2.96. The van der Waals surface area contributed by atoms with Gasteiger partial charge < -0.3 is 10.0 Å². The molecule has 1 saturated heterocycles. The Morgan fingerprint density at radius 1 is 0.884 bits per heavy atom. The Kier molecular flexibility index (Phi) is 8.03. The highest BCUT2D eigenvalue weighted by Gasteiger charge is 2.43. The van der Waals surface area contributed by atoms with Gasteiger partial charge >= 0.3 is 0 Å². The molecule has 2 atom stereocenters. The molecule has 0 radical (unpaired) electrons. The Morgan fingerprint density at radius 2 is 1.51 bits per heavy atom. The minimum absolute atomic E-state index is 0.00309. The van der Waals surface area contributed by atoms with Gasteiger partial charge in [-0.25, -0.2) is 23.1 Å². The summed E-state index contributed by atoms with van der Waals surface area (Å²) >= 11 is 0. The lowest BCUT2D eigenvalue weighted by Crippen LogP contribution is -2.36. The van der Waals surface area contributed by atoms with E-state index in [0.29, 0.717) is 48.6 Å². The van der Waals surface area contributed by atoms with Crippen LogP contribution in [0.15, 0.2) is 36.7 Å². The van der Waals surface area contributed by atoms with Crippen molar-refractivity contribution in [3.63, 3.8) is 0 Å². The van der Waals surface area contributed by atoms with Gasteiger partial charge in [-0.2, -0.15) is 0 Å². The molecule has 0 spiro atoms. The second-order valence-electron chi connectivity index (χ2n) is 14.0. The molecule has 1 saturated carbocycles. The normalized spacial score (nSPS) is 23.2. The van der Waals surface area contributed by atoms with Crippen molar-refractivity contribution in [2.45, 2.75) is 109 Å². The number of pyridine rings is 1. The monoisotopic (exact) mass is 592 g/mol. The number of halogens is 3. The number of hydrogen-bond donors (Lipinski definition) is 1. The third-order valence-corrected chi connectivity index (χ3v) is 9.83. The molecular formula is C35H43F3N4O. The van der Waals surface area contributed by atoms with Crippen molar-refractivity contribution < 1.29 is 18.3 Å². The summed E-state index contributed by atoms with van der Waals surface area (Å²) in [4.78, 5) is 16.4. The fourth-order valence-electron chi connectivity index (χ4n) is 7.51. The Hall–Kier alpha value is -3.00. The van der Waals surface area contributed by atoms with Gasteiger partial charge in [-0.1, -0.05) is 43.7 Å². The molecule has 0 amide bonds. The number of hydrogen-bond acceptors (Lipinski definition) is 5. The van der Waals surface area contributed by atoms with Crippen LogP contribution in [0.25, 0.3) is 0 Å². The van der Waals surface area contributed by atoms with Gasteiger partial charge in [-0.15, -0.1) is 0 Å². The topological polar surface area (TPSA) is 62.1 Å². The summed E-state index contributed by atoms with van der Waals surface area (Å²) < 4.78 is 45.9. The number of fused-ring (bicyclic) bond motifs is 1. The van der Waals surface area contributed by atoms with Crippen LogP contribution >= 0.6 is 0 Å². The summed E-state index contributed by atoms with van der Waals surface area (Å²) in [5, 5.41) is 11.6. The molecule has 5 nitrogen and oxygen atoms in total. The van der Waals surface area contributed by atoms with Crippen LogP contribution in [0.4, 0.5) is 19.1 Å². The summed E-state index contributed by atoms with van der Waals surface area (Å²) in [6.45, 7) is 9.61. The maximum Gasteiger partial charge on any atom is 0.248 e. The first-order valence-corrected chi connectivity index (χ1v) is 15.8. The lowest BCUT2D eigenvalue weighted by atomic mass is 9.68. The van der Waals surface area contributed by atoms with Crippen molar-refractivity contribution in [3.05, 3.63) is 81.4 Å². The Labute approximate surface area is 253 Å². The largest absolute Gasteiger partial charge is 0.388 e. The molecule has 2 fully saturated rings. The number of nitrogens with zero attached hydrogens (tertiary/aromatic N) is 4. The maximum absolute atomic E-state index is 17.1. The summed E-state index contributed by atoms with van der Waals surface area (Å²) in [6, 6.07) is 7.45. The molecular weight excluding hydrogens is 549 g/mol. The molecule has 2 aromatic heterocycles. The van der Waals surface area contributed by atoms with Crippen LogP contribution in [-0.2, 0) is 6.42 Å². The Morgan fingerprint density at radius 3 is 2.14 bits per heavy atom. The third kappa shape index (κ3) is 6.17. The molecule has 43 heavy (non-hydrogen) atoms. The number of rotatable bonds is 5. The van der Waals surface area contributed by atoms with Crippen molar-refractivity contribution in [3.8, 4) is 0 Å². The van der Waals surface area contributed by atoms with Gasteiger partial charge in [0.25, 0.3) is 0 Å². The minimum atomic E-state index is -2.70. The van der Waals surface area contributed by atoms with Gasteiger partial charge in [0.15, 0.2) is 6.17 Å². The highest BCUT2D eigenvalue weighted by atomic mass is 19.3. The van der Waals surface area contributed by atoms with Gasteiger partial charge in [0.1, 0.15) is 0 Å². The lowest BCUT2D eigenvalue weighted by Gasteiger charge is -2.41. The SMILES string of the molecule is Cc1ccc(C(F)c2c(C3CCN(c4ncc(C)cn4)CC3)nc3c(c2C2CCC(F)(F)CC2)C(O)CC(C)(C)C3)cc1. The van der Waals surface area contributed by atoms with Crippen LogP contribution in [-0.4, -0.2) is 39.1 Å². The fraction of sp³-hybridized carbons (Fsp3) is 0.571. The molecule has 2 unspecified atom stereocenters. The zero-order chi connectivity index (χ0) is 30.5. The second-order valence-corrected chi connectivity index (χ2v) is 14.0. The number of aliphatic hydroxyl groups is 1. The van der Waals surface area contributed by atoms with Crippen LogP contribution < -0.4 is 4.90 Å². The number of aryl methyl sites for hydroxylation is 2. The third-order valence-electron chi connectivity index (χ3n) is 9.83. The molecule has 3 heterocycles. The molecule has 6 rings (SSSR count). The van der Waals surface area contributed by atoms with Crippen molar-refractivity contribution in [1.82, 2.24) is 15.0 Å². The number of benzene rings is 1. The molecule has 3 aliphatic rings. The standard InChI is InChI=1S/C35H43F3N4O/c1-21-5-7-24(8-6-21)31(36)30-28(23-9-13-35(37,38)14-10-23)29-26(17-34(3,4)18-27(29)43)41-32(30)25-11-15-42(16-12-25)33-39-19-22(2)20-40-33/h5-8,19-20,23,25,27,31,43H,9-18H2,1-4H3. The van der Waals surface area contributed by atoms with E-state index in [1.807, 2.05) is 50.5 Å². The molecule has 1 aliphatic heterocycles. The Bertz CT molecular complexity index is 1440. The molecule has 0 bridgehead atoms. The zero-order valence-electron chi connectivity index (χ0n) is 25.7. The van der Waals surface area contributed by atoms with E-state index in [1.54, 1.807) is 0 Å². The van der Waals surface area contributed by atoms with Crippen molar-refractivity contribution in [1.29, 1.82) is 0 Å². The molecule has 1 N–H and O–H groups in total. The Balaban J connectivity index is 1.47. The first-order valence-electron chi connectivity index (χ1n) is 15.8. The van der Waals surface area contributed by atoms with Crippen LogP contribution in [0.5, 0.6) is 0 Å². The van der Waals surface area contributed by atoms with Crippen molar-refractivity contribution in [2.75, 3.05) is 18.0 Å². The second kappa shape index (κ2) is 11.5. The summed E-state index contributed by atoms with van der Waals surface area (Å²) in [6.07, 6.45) is 4.19. The quantitative estimate of drug-likeness (QED) is 0.323. The van der Waals surface area contributed by atoms with Gasteiger partial charge in [-0.3, -0.25) is 4.98 Å². The van der Waals surface area contributed by atoms with Crippen LogP contribution in [0.1, 0.15) is 128 Å². The van der Waals surface area contributed by atoms with E-state index in [1.165, 1.54) is 0 Å². The number of piperidine rings is 1. The summed E-state index contributed by atoms with van der Waals surface area (Å²) in [7, 11) is 0. The maximum atomic E-state index is 17.1. The number of anilines is 1. The average molecular weight is 593 g/mol. The predicted octanol–water partition coefficient (Wildman–Crippen LogP) is 8.23. The highest BCUT2D eigenvalue weighted by Crippen LogP contribution is 2.52. The summed E-state index contributed by atoms with van der Waals surface area (Å²) in [5.41, 5.74) is 5.94. The minimum Gasteiger partial charge on any atom is -0.388 e. The molecule has 3 aromatic rings. The van der Waals surface area contributed by atoms with E-state index in [2.05, 4.69) is 28.7 Å². The van der Waals surface area contributed by atoms with E-state index in [0.717, 1.165) is 40.9 Å². The van der Waals surface area contributed by atoms with E-state index in [9.17, 15) is 13.9 Å². The van der Waals surface area contributed by atoms with E-state index in [4.69, 9.17) is 4.98 Å². The van der Waals surface area contributed by atoms with Crippen LogP contribution in [0.3, 0.4) is 0 Å². The first-order chi connectivity index (χ1) is 20.4. The van der Waals surface area contributed by atoms with Crippen molar-refractivity contribution >= 4 is 5.95 Å². The summed E-state index contributed by atoms with van der Waals surface area (Å²) in [5.74, 6) is -2.26. The van der Waals surface area contributed by atoms with E-state index < -0.39 is 18.2 Å². The van der Waals surface area contributed by atoms with Gasteiger partial charge in [0, 0.05) is 61.1 Å². The van der Waals surface area contributed by atoms with Crippen LogP contribution in [0, 0.1) is 19.3 Å². The highest BCUT2D eigenvalue weighted by molar-refractivity contribution is 5.51. The lowest BCUT2D eigenvalue weighted by molar-refractivity contribution is -0.0385. The van der Waals surface area contributed by atoms with E-state index in [-0.39, 0.29) is 42.9 Å². The van der Waals surface area contributed by atoms with Gasteiger partial charge in [0.05, 0.1) is 11.8 Å². The molecule has 8 heteroatoms. The van der Waals surface area contributed by atoms with Crippen LogP contribution in [0.2, 0.25) is 0 Å². The van der Waals surface area contributed by atoms with E-state index >= 15 is 4.39 Å². The van der Waals surface area contributed by atoms with Gasteiger partial charge in [-0.05, 0) is 80.4 Å².